The van der Waals surface area contributed by atoms with E-state index >= 15 is 0 Å². The average Bonchev–Trinajstić information content (AvgIpc) is 2.81. The van der Waals surface area contributed by atoms with Crippen LogP contribution in [-0.4, -0.2) is 0 Å². The number of rotatable bonds is 4. The SMILES string of the molecule is Nc1c(F)c(F)c(F)c(Oc2cc(Oc3c(F)c(N)c(F)c(F)c3F)c(C(F)(F)F)c(F)c2F)c1F. The van der Waals surface area contributed by atoms with Crippen LogP contribution < -0.4 is 20.9 Å². The van der Waals surface area contributed by atoms with E-state index in [1.54, 1.807) is 0 Å². The van der Waals surface area contributed by atoms with E-state index in [9.17, 15) is 57.1 Å². The monoisotopic (exact) mass is 540 g/mol. The molecule has 3 aromatic carbocycles. The second kappa shape index (κ2) is 8.87. The minimum atomic E-state index is -5.92. The van der Waals surface area contributed by atoms with Crippen LogP contribution in [-0.2, 0) is 6.18 Å². The van der Waals surface area contributed by atoms with Gasteiger partial charge in [0, 0.05) is 6.07 Å². The van der Waals surface area contributed by atoms with Gasteiger partial charge in [-0.1, -0.05) is 0 Å². The quantitative estimate of drug-likeness (QED) is 0.165. The molecule has 0 saturated heterocycles. The van der Waals surface area contributed by atoms with Gasteiger partial charge in [0.1, 0.15) is 22.7 Å². The zero-order valence-corrected chi connectivity index (χ0v) is 16.5. The highest BCUT2D eigenvalue weighted by atomic mass is 19.4. The largest absolute Gasteiger partial charge is 0.450 e. The molecule has 0 aliphatic rings. The number of ether oxygens (including phenoxy) is 2. The smallest absolute Gasteiger partial charge is 0.422 e. The van der Waals surface area contributed by atoms with Crippen molar-refractivity contribution < 1.29 is 66.5 Å². The summed E-state index contributed by atoms with van der Waals surface area (Å²) in [7, 11) is 0. The van der Waals surface area contributed by atoms with E-state index in [-0.39, 0.29) is 0 Å². The van der Waals surface area contributed by atoms with Crippen LogP contribution in [0, 0.1) is 58.2 Å². The molecule has 17 heteroatoms. The summed E-state index contributed by atoms with van der Waals surface area (Å²) in [5.41, 5.74) is 3.35. The van der Waals surface area contributed by atoms with E-state index in [0.717, 1.165) is 0 Å². The minimum Gasteiger partial charge on any atom is -0.450 e. The molecule has 0 heterocycles. The fraction of sp³-hybridized carbons (Fsp3) is 0.0526. The number of nitrogens with two attached hydrogens (primary N) is 2. The Hall–Kier alpha value is -4.05. The first-order valence-electron chi connectivity index (χ1n) is 8.68. The Morgan fingerprint density at radius 1 is 0.472 bits per heavy atom. The van der Waals surface area contributed by atoms with Crippen molar-refractivity contribution in [3.63, 3.8) is 0 Å². The lowest BCUT2D eigenvalue weighted by Gasteiger charge is -2.19. The van der Waals surface area contributed by atoms with Gasteiger partial charge in [0.25, 0.3) is 0 Å². The van der Waals surface area contributed by atoms with Crippen LogP contribution in [0.15, 0.2) is 6.07 Å². The maximum Gasteiger partial charge on any atom is 0.422 e. The highest BCUT2D eigenvalue weighted by molar-refractivity contribution is 5.54. The van der Waals surface area contributed by atoms with E-state index in [2.05, 4.69) is 9.47 Å². The van der Waals surface area contributed by atoms with Gasteiger partial charge in [-0.05, 0) is 0 Å². The van der Waals surface area contributed by atoms with Gasteiger partial charge >= 0.3 is 6.18 Å². The summed E-state index contributed by atoms with van der Waals surface area (Å²) in [6.45, 7) is 0. The first-order chi connectivity index (χ1) is 16.5. The summed E-state index contributed by atoms with van der Waals surface area (Å²) in [6, 6.07) is -0.395. The van der Waals surface area contributed by atoms with Crippen LogP contribution in [0.3, 0.4) is 0 Å². The predicted molar refractivity (Wildman–Crippen MR) is 92.9 cm³/mol. The number of hydrogen-bond donors (Lipinski definition) is 2. The molecule has 0 spiro atoms. The number of alkyl halides is 3. The Labute approximate surface area is 189 Å². The van der Waals surface area contributed by atoms with E-state index in [4.69, 9.17) is 11.5 Å². The maximum atomic E-state index is 14.3. The first-order valence-corrected chi connectivity index (χ1v) is 8.68. The highest BCUT2D eigenvalue weighted by Crippen LogP contribution is 2.46. The van der Waals surface area contributed by atoms with E-state index < -0.39 is 110 Å². The molecule has 0 bridgehead atoms. The number of nitrogen functional groups attached to an aromatic ring is 2. The van der Waals surface area contributed by atoms with Crippen molar-refractivity contribution in [3.8, 4) is 23.0 Å². The second-order valence-electron chi connectivity index (χ2n) is 6.58. The normalized spacial score (nSPS) is 11.7. The topological polar surface area (TPSA) is 70.5 Å². The van der Waals surface area contributed by atoms with E-state index in [0.29, 0.717) is 0 Å². The number of anilines is 2. The minimum absolute atomic E-state index is 0.395. The van der Waals surface area contributed by atoms with Crippen LogP contribution in [0.1, 0.15) is 5.56 Å². The maximum absolute atomic E-state index is 14.3. The standard InChI is InChI=1S/C19H5F13N2O2/c20-5-3(36-18-12(27)8(23)10(25)16(34)14(18)29)1-2(4(6(5)21)19(30,31)32)35-17-11(26)7(22)9(24)15(33)13(17)28/h1H,33-34H2. The van der Waals surface area contributed by atoms with Crippen LogP contribution >= 0.6 is 0 Å². The molecular formula is C19H5F13N2O2. The Morgan fingerprint density at radius 3 is 1.25 bits per heavy atom. The summed E-state index contributed by atoms with van der Waals surface area (Å²) in [6.07, 6.45) is -5.92. The number of halogens is 13. The van der Waals surface area contributed by atoms with Crippen LogP contribution in [0.25, 0.3) is 0 Å². The fourth-order valence-electron chi connectivity index (χ4n) is 2.66. The van der Waals surface area contributed by atoms with Gasteiger partial charge in [0.05, 0.1) is 0 Å². The van der Waals surface area contributed by atoms with Gasteiger partial charge in [-0.25, -0.2) is 30.7 Å². The van der Waals surface area contributed by atoms with Crippen molar-refractivity contribution in [3.05, 3.63) is 69.8 Å². The Kier molecular flexibility index (Phi) is 6.54. The summed E-state index contributed by atoms with van der Waals surface area (Å²) in [5, 5.41) is 0. The van der Waals surface area contributed by atoms with E-state index in [1.807, 2.05) is 0 Å². The summed E-state index contributed by atoms with van der Waals surface area (Å²) >= 11 is 0. The molecule has 36 heavy (non-hydrogen) atoms. The molecular weight excluding hydrogens is 535 g/mol. The Morgan fingerprint density at radius 2 is 0.861 bits per heavy atom. The van der Waals surface area contributed by atoms with Crippen molar-refractivity contribution in [2.45, 2.75) is 6.18 Å². The molecule has 3 aromatic rings. The molecule has 0 radical (unpaired) electrons. The molecule has 0 amide bonds. The van der Waals surface area contributed by atoms with Gasteiger partial charge in [-0.3, -0.25) is 0 Å². The third kappa shape index (κ3) is 4.13. The molecule has 194 valence electrons. The Balaban J connectivity index is 2.29. The molecule has 0 fully saturated rings. The lowest BCUT2D eigenvalue weighted by Crippen LogP contribution is -2.14. The van der Waals surface area contributed by atoms with Gasteiger partial charge in [0.15, 0.2) is 34.8 Å². The van der Waals surface area contributed by atoms with Crippen LogP contribution in [0.5, 0.6) is 23.0 Å². The molecule has 4 N–H and O–H groups in total. The summed E-state index contributed by atoms with van der Waals surface area (Å²) in [4.78, 5) is 0. The molecule has 0 atom stereocenters. The fourth-order valence-corrected chi connectivity index (χ4v) is 2.66. The van der Waals surface area contributed by atoms with Crippen molar-refractivity contribution in [2.24, 2.45) is 0 Å². The van der Waals surface area contributed by atoms with Crippen molar-refractivity contribution in [1.29, 1.82) is 0 Å². The third-order valence-corrected chi connectivity index (χ3v) is 4.36. The average molecular weight is 540 g/mol. The lowest BCUT2D eigenvalue weighted by molar-refractivity contribution is -0.141. The molecule has 0 aromatic heterocycles. The summed E-state index contributed by atoms with van der Waals surface area (Å²) in [5.74, 6) is -33.3. The van der Waals surface area contributed by atoms with Crippen molar-refractivity contribution >= 4 is 11.4 Å². The highest BCUT2D eigenvalue weighted by Gasteiger charge is 2.42. The predicted octanol–water partition coefficient (Wildman–Crippen LogP) is 6.85. The van der Waals surface area contributed by atoms with Crippen molar-refractivity contribution in [1.82, 2.24) is 0 Å². The van der Waals surface area contributed by atoms with Crippen LogP contribution in [0.4, 0.5) is 68.5 Å². The molecule has 0 saturated carbocycles. The molecule has 4 nitrogen and oxygen atoms in total. The zero-order valence-electron chi connectivity index (χ0n) is 16.5. The second-order valence-corrected chi connectivity index (χ2v) is 6.58. The molecule has 0 unspecified atom stereocenters. The third-order valence-electron chi connectivity index (χ3n) is 4.36. The molecule has 3 rings (SSSR count). The van der Waals surface area contributed by atoms with Gasteiger partial charge < -0.3 is 20.9 Å². The van der Waals surface area contributed by atoms with Crippen LogP contribution in [0.2, 0.25) is 0 Å². The van der Waals surface area contributed by atoms with Gasteiger partial charge in [-0.15, -0.1) is 0 Å². The van der Waals surface area contributed by atoms with Gasteiger partial charge in [0.2, 0.25) is 40.6 Å². The van der Waals surface area contributed by atoms with E-state index in [1.165, 1.54) is 0 Å². The number of hydrogen-bond acceptors (Lipinski definition) is 4. The lowest BCUT2D eigenvalue weighted by atomic mass is 10.1. The van der Waals surface area contributed by atoms with Crippen molar-refractivity contribution in [2.75, 3.05) is 11.5 Å². The first kappa shape index (κ1) is 26.6. The zero-order chi connectivity index (χ0) is 27.4. The molecule has 0 aliphatic heterocycles. The summed E-state index contributed by atoms with van der Waals surface area (Å²) < 4.78 is 187. The van der Waals surface area contributed by atoms with Gasteiger partial charge in [-0.2, -0.15) is 26.3 Å². The number of benzene rings is 3. The molecule has 0 aliphatic carbocycles. The Bertz CT molecular complexity index is 1350.